The third kappa shape index (κ3) is 3.54. The van der Waals surface area contributed by atoms with Gasteiger partial charge in [0.05, 0.1) is 4.88 Å². The van der Waals surface area contributed by atoms with Crippen molar-refractivity contribution < 1.29 is 4.79 Å². The van der Waals surface area contributed by atoms with Crippen LogP contribution in [0.2, 0.25) is 0 Å². The highest BCUT2D eigenvalue weighted by molar-refractivity contribution is 8.01. The zero-order chi connectivity index (χ0) is 13.0. The summed E-state index contributed by atoms with van der Waals surface area (Å²) in [4.78, 5) is 12.5. The monoisotopic (exact) mass is 299 g/mol. The van der Waals surface area contributed by atoms with Crippen LogP contribution in [0.15, 0.2) is 21.9 Å². The predicted octanol–water partition coefficient (Wildman–Crippen LogP) is 3.74. The minimum Gasteiger partial charge on any atom is -0.296 e. The summed E-state index contributed by atoms with van der Waals surface area (Å²) >= 11 is 4.51. The number of thioether (sulfide) groups is 1. The third-order valence-electron chi connectivity index (χ3n) is 2.25. The number of carbonyl (C=O) groups is 1. The SMILES string of the molecule is CC[C@@H](C)Sc1nnc(NC(=O)c2cccs2)s1. The summed E-state index contributed by atoms with van der Waals surface area (Å²) in [5, 5.41) is 13.7. The molecule has 0 radical (unpaired) electrons. The molecular weight excluding hydrogens is 286 g/mol. The minimum absolute atomic E-state index is 0.124. The molecule has 4 nitrogen and oxygen atoms in total. The second kappa shape index (κ2) is 6.31. The molecule has 0 unspecified atom stereocenters. The summed E-state index contributed by atoms with van der Waals surface area (Å²) in [6.45, 7) is 4.29. The second-order valence-electron chi connectivity index (χ2n) is 3.64. The predicted molar refractivity (Wildman–Crippen MR) is 77.8 cm³/mol. The fourth-order valence-electron chi connectivity index (χ4n) is 1.13. The first kappa shape index (κ1) is 13.5. The number of hydrogen-bond donors (Lipinski definition) is 1. The lowest BCUT2D eigenvalue weighted by Gasteiger charge is -2.02. The van der Waals surface area contributed by atoms with Gasteiger partial charge < -0.3 is 0 Å². The molecule has 1 amide bonds. The van der Waals surface area contributed by atoms with Crippen molar-refractivity contribution in [1.82, 2.24) is 10.2 Å². The summed E-state index contributed by atoms with van der Waals surface area (Å²) in [7, 11) is 0. The van der Waals surface area contributed by atoms with E-state index >= 15 is 0 Å². The average Bonchev–Trinajstić information content (AvgIpc) is 3.00. The first-order valence-corrected chi connectivity index (χ1v) is 8.11. The van der Waals surface area contributed by atoms with Crippen molar-refractivity contribution in [3.05, 3.63) is 22.4 Å². The van der Waals surface area contributed by atoms with E-state index in [1.165, 1.54) is 22.7 Å². The Morgan fingerprint density at radius 2 is 2.39 bits per heavy atom. The summed E-state index contributed by atoms with van der Waals surface area (Å²) in [6.07, 6.45) is 1.08. The number of nitrogens with zero attached hydrogens (tertiary/aromatic N) is 2. The quantitative estimate of drug-likeness (QED) is 0.675. The molecule has 18 heavy (non-hydrogen) atoms. The smallest absolute Gasteiger partial charge is 0.267 e. The molecule has 0 aliphatic rings. The van der Waals surface area contributed by atoms with Gasteiger partial charge in [0.25, 0.3) is 5.91 Å². The van der Waals surface area contributed by atoms with Crippen molar-refractivity contribution in [3.8, 4) is 0 Å². The molecule has 0 saturated heterocycles. The zero-order valence-corrected chi connectivity index (χ0v) is 12.5. The van der Waals surface area contributed by atoms with Crippen LogP contribution >= 0.6 is 34.4 Å². The molecule has 96 valence electrons. The number of hydrogen-bond acceptors (Lipinski definition) is 6. The van der Waals surface area contributed by atoms with E-state index in [-0.39, 0.29) is 5.91 Å². The van der Waals surface area contributed by atoms with Gasteiger partial charge in [-0.1, -0.05) is 43.0 Å². The van der Waals surface area contributed by atoms with Crippen LogP contribution in [0.3, 0.4) is 0 Å². The van der Waals surface area contributed by atoms with Gasteiger partial charge in [-0.3, -0.25) is 10.1 Å². The van der Waals surface area contributed by atoms with E-state index in [4.69, 9.17) is 0 Å². The van der Waals surface area contributed by atoms with Crippen LogP contribution in [0.25, 0.3) is 0 Å². The molecule has 2 aromatic heterocycles. The molecule has 0 fully saturated rings. The van der Waals surface area contributed by atoms with Crippen molar-refractivity contribution in [3.63, 3.8) is 0 Å². The van der Waals surface area contributed by atoms with E-state index in [1.54, 1.807) is 17.8 Å². The summed E-state index contributed by atoms with van der Waals surface area (Å²) < 4.78 is 0.894. The van der Waals surface area contributed by atoms with Crippen molar-refractivity contribution in [1.29, 1.82) is 0 Å². The Bertz CT molecular complexity index is 509. The van der Waals surface area contributed by atoms with Crippen LogP contribution in [0.1, 0.15) is 29.9 Å². The van der Waals surface area contributed by atoms with Crippen LogP contribution in [-0.4, -0.2) is 21.4 Å². The van der Waals surface area contributed by atoms with Gasteiger partial charge in [0, 0.05) is 5.25 Å². The highest BCUT2D eigenvalue weighted by Crippen LogP contribution is 2.30. The summed E-state index contributed by atoms with van der Waals surface area (Å²) in [5.41, 5.74) is 0. The van der Waals surface area contributed by atoms with E-state index in [1.807, 2.05) is 11.4 Å². The molecule has 2 aromatic rings. The summed E-state index contributed by atoms with van der Waals surface area (Å²) in [6, 6.07) is 3.64. The fourth-order valence-corrected chi connectivity index (χ4v) is 3.74. The highest BCUT2D eigenvalue weighted by atomic mass is 32.2. The maximum Gasteiger partial charge on any atom is 0.267 e. The van der Waals surface area contributed by atoms with Gasteiger partial charge in [-0.25, -0.2) is 0 Å². The molecule has 2 rings (SSSR count). The van der Waals surface area contributed by atoms with Gasteiger partial charge >= 0.3 is 0 Å². The second-order valence-corrected chi connectivity index (χ2v) is 7.25. The molecule has 0 spiro atoms. The van der Waals surface area contributed by atoms with E-state index in [0.29, 0.717) is 15.3 Å². The average molecular weight is 299 g/mol. The Kier molecular flexibility index (Phi) is 4.73. The Balaban J connectivity index is 1.96. The first-order chi connectivity index (χ1) is 8.69. The van der Waals surface area contributed by atoms with E-state index in [0.717, 1.165) is 10.8 Å². The number of nitrogens with one attached hydrogen (secondary N) is 1. The van der Waals surface area contributed by atoms with Crippen molar-refractivity contribution in [2.75, 3.05) is 5.32 Å². The van der Waals surface area contributed by atoms with Crippen molar-refractivity contribution >= 4 is 45.5 Å². The lowest BCUT2D eigenvalue weighted by atomic mass is 10.4. The van der Waals surface area contributed by atoms with Gasteiger partial charge in [0.15, 0.2) is 4.34 Å². The largest absolute Gasteiger partial charge is 0.296 e. The lowest BCUT2D eigenvalue weighted by Crippen LogP contribution is -2.09. The maximum atomic E-state index is 11.8. The number of rotatable bonds is 5. The van der Waals surface area contributed by atoms with Crippen LogP contribution in [0.5, 0.6) is 0 Å². The molecule has 1 atom stereocenters. The molecular formula is C11H13N3OS3. The van der Waals surface area contributed by atoms with Gasteiger partial charge in [-0.15, -0.1) is 21.5 Å². The number of carbonyl (C=O) groups excluding carboxylic acids is 1. The Hall–Kier alpha value is -0.920. The zero-order valence-electron chi connectivity index (χ0n) is 10.0. The summed E-state index contributed by atoms with van der Waals surface area (Å²) in [5.74, 6) is -0.124. The number of amides is 1. The maximum absolute atomic E-state index is 11.8. The third-order valence-corrected chi connectivity index (χ3v) is 5.31. The van der Waals surface area contributed by atoms with Crippen LogP contribution in [-0.2, 0) is 0 Å². The number of anilines is 1. The van der Waals surface area contributed by atoms with E-state index in [2.05, 4.69) is 29.4 Å². The van der Waals surface area contributed by atoms with E-state index in [9.17, 15) is 4.79 Å². The van der Waals surface area contributed by atoms with Gasteiger partial charge in [-0.05, 0) is 17.9 Å². The van der Waals surface area contributed by atoms with Gasteiger partial charge in [0.2, 0.25) is 5.13 Å². The highest BCUT2D eigenvalue weighted by Gasteiger charge is 2.12. The van der Waals surface area contributed by atoms with Gasteiger partial charge in [0.1, 0.15) is 0 Å². The molecule has 0 bridgehead atoms. The first-order valence-electron chi connectivity index (χ1n) is 5.54. The Morgan fingerprint density at radius 1 is 1.56 bits per heavy atom. The van der Waals surface area contributed by atoms with Crippen molar-refractivity contribution in [2.45, 2.75) is 29.9 Å². The molecule has 1 N–H and O–H groups in total. The standard InChI is InChI=1S/C11H13N3OS3/c1-3-7(2)17-11-14-13-10(18-11)12-9(15)8-5-4-6-16-8/h4-7H,3H2,1-2H3,(H,12,13,15)/t7-/m1/s1. The van der Waals surface area contributed by atoms with Gasteiger partial charge in [-0.2, -0.15) is 0 Å². The number of aromatic nitrogens is 2. The van der Waals surface area contributed by atoms with Crippen molar-refractivity contribution in [2.24, 2.45) is 0 Å². The lowest BCUT2D eigenvalue weighted by molar-refractivity contribution is 0.103. The van der Waals surface area contributed by atoms with Crippen LogP contribution < -0.4 is 5.32 Å². The topological polar surface area (TPSA) is 54.9 Å². The van der Waals surface area contributed by atoms with Crippen LogP contribution in [0, 0.1) is 0 Å². The Labute approximate surface area is 118 Å². The molecule has 0 aliphatic heterocycles. The fraction of sp³-hybridized carbons (Fsp3) is 0.364. The molecule has 0 aliphatic carbocycles. The number of thiophene rings is 1. The molecule has 0 aromatic carbocycles. The molecule has 2 heterocycles. The Morgan fingerprint density at radius 3 is 3.06 bits per heavy atom. The van der Waals surface area contributed by atoms with Crippen LogP contribution in [0.4, 0.5) is 5.13 Å². The molecule has 0 saturated carbocycles. The minimum atomic E-state index is -0.124. The van der Waals surface area contributed by atoms with E-state index < -0.39 is 0 Å². The normalized spacial score (nSPS) is 12.3. The molecule has 7 heteroatoms.